The van der Waals surface area contributed by atoms with Gasteiger partial charge >= 0.3 is 6.03 Å². The standard InChI is InChI=1S/C33H41N5O3/c1-3-24-10-9-13-26(22-24)35-33(40)36-27-16-17-29(28(23-27)32(39)34-25-11-5-4-6-12-25)37-18-20-38(21-19-37)30-14-7-8-15-31(30)41-2/h7-10,13-17,22-23,25H,3-6,11-12,18-21H2,1-2H3,(H,34,39)(H2,35,36,40). The number of para-hydroxylation sites is 2. The Morgan fingerprint density at radius 2 is 1.49 bits per heavy atom. The largest absolute Gasteiger partial charge is 0.495 e. The van der Waals surface area contributed by atoms with Gasteiger partial charge in [0, 0.05) is 49.3 Å². The zero-order valence-corrected chi connectivity index (χ0v) is 24.1. The number of nitrogens with zero attached hydrogens (tertiary/aromatic N) is 2. The van der Waals surface area contributed by atoms with Crippen LogP contribution in [0.2, 0.25) is 0 Å². The summed E-state index contributed by atoms with van der Waals surface area (Å²) >= 11 is 0. The molecule has 0 unspecified atom stereocenters. The van der Waals surface area contributed by atoms with Crippen LogP contribution in [0.3, 0.4) is 0 Å². The SMILES string of the molecule is CCc1cccc(NC(=O)Nc2ccc(N3CCN(c4ccccc4OC)CC3)c(C(=O)NC3CCCCC3)c2)c1. The van der Waals surface area contributed by atoms with Crippen LogP contribution in [0, 0.1) is 0 Å². The summed E-state index contributed by atoms with van der Waals surface area (Å²) in [5.41, 5.74) is 5.03. The molecular formula is C33H41N5O3. The summed E-state index contributed by atoms with van der Waals surface area (Å²) in [6.07, 6.45) is 6.42. The van der Waals surface area contributed by atoms with E-state index in [1.54, 1.807) is 7.11 Å². The topological polar surface area (TPSA) is 85.9 Å². The minimum atomic E-state index is -0.338. The van der Waals surface area contributed by atoms with Crippen LogP contribution < -0.4 is 30.5 Å². The van der Waals surface area contributed by atoms with Crippen LogP contribution in [0.4, 0.5) is 27.5 Å². The number of nitrogens with one attached hydrogen (secondary N) is 3. The lowest BCUT2D eigenvalue weighted by atomic mass is 9.95. The molecule has 0 spiro atoms. The minimum absolute atomic E-state index is 0.0845. The van der Waals surface area contributed by atoms with Crippen molar-refractivity contribution in [3.63, 3.8) is 0 Å². The van der Waals surface area contributed by atoms with Crippen LogP contribution in [-0.4, -0.2) is 51.3 Å². The Balaban J connectivity index is 1.33. The highest BCUT2D eigenvalue weighted by molar-refractivity contribution is 6.04. The molecule has 2 aliphatic rings. The van der Waals surface area contributed by atoms with E-state index < -0.39 is 0 Å². The lowest BCUT2D eigenvalue weighted by Gasteiger charge is -2.38. The maximum absolute atomic E-state index is 13.7. The molecule has 1 heterocycles. The second-order valence-electron chi connectivity index (χ2n) is 10.8. The Kier molecular flexibility index (Phi) is 9.29. The monoisotopic (exact) mass is 555 g/mol. The first-order chi connectivity index (χ1) is 20.0. The van der Waals surface area contributed by atoms with Gasteiger partial charge in [-0.1, -0.05) is 50.5 Å². The molecule has 3 aromatic carbocycles. The number of piperazine rings is 1. The number of amides is 3. The van der Waals surface area contributed by atoms with Gasteiger partial charge in [0.2, 0.25) is 0 Å². The zero-order valence-electron chi connectivity index (χ0n) is 24.1. The highest BCUT2D eigenvalue weighted by Crippen LogP contribution is 2.31. The maximum atomic E-state index is 13.7. The Labute approximate surface area is 243 Å². The van der Waals surface area contributed by atoms with Gasteiger partial charge in [0.25, 0.3) is 5.91 Å². The van der Waals surface area contributed by atoms with E-state index in [9.17, 15) is 9.59 Å². The van der Waals surface area contributed by atoms with E-state index in [0.29, 0.717) is 11.3 Å². The molecule has 1 aliphatic heterocycles. The molecule has 3 aromatic rings. The van der Waals surface area contributed by atoms with Gasteiger partial charge in [0.05, 0.1) is 18.4 Å². The van der Waals surface area contributed by atoms with Gasteiger partial charge < -0.3 is 30.5 Å². The number of carbonyl (C=O) groups is 2. The van der Waals surface area contributed by atoms with Crippen molar-refractivity contribution < 1.29 is 14.3 Å². The van der Waals surface area contributed by atoms with Crippen molar-refractivity contribution in [1.82, 2.24) is 5.32 Å². The summed E-state index contributed by atoms with van der Waals surface area (Å²) < 4.78 is 5.58. The third-order valence-corrected chi connectivity index (χ3v) is 8.08. The van der Waals surface area contributed by atoms with Crippen LogP contribution in [0.25, 0.3) is 0 Å². The van der Waals surface area contributed by atoms with Crippen molar-refractivity contribution in [1.29, 1.82) is 0 Å². The number of carbonyl (C=O) groups excluding carboxylic acids is 2. The Bertz CT molecular complexity index is 1350. The predicted octanol–water partition coefficient (Wildman–Crippen LogP) is 6.29. The van der Waals surface area contributed by atoms with Crippen molar-refractivity contribution in [3.05, 3.63) is 77.9 Å². The fourth-order valence-corrected chi connectivity index (χ4v) is 5.82. The molecule has 1 saturated heterocycles. The number of anilines is 4. The summed E-state index contributed by atoms with van der Waals surface area (Å²) in [5, 5.41) is 9.11. The number of aryl methyl sites for hydroxylation is 1. The Morgan fingerprint density at radius 1 is 0.805 bits per heavy atom. The van der Waals surface area contributed by atoms with E-state index in [2.05, 4.69) is 38.7 Å². The quantitative estimate of drug-likeness (QED) is 0.304. The van der Waals surface area contributed by atoms with E-state index in [-0.39, 0.29) is 18.0 Å². The molecule has 0 atom stereocenters. The van der Waals surface area contributed by atoms with Crippen molar-refractivity contribution in [2.75, 3.05) is 53.7 Å². The maximum Gasteiger partial charge on any atom is 0.323 e. The first-order valence-electron chi connectivity index (χ1n) is 14.8. The van der Waals surface area contributed by atoms with Gasteiger partial charge in [0.15, 0.2) is 0 Å². The fourth-order valence-electron chi connectivity index (χ4n) is 5.82. The van der Waals surface area contributed by atoms with Crippen molar-refractivity contribution in [2.45, 2.75) is 51.5 Å². The highest BCUT2D eigenvalue weighted by Gasteiger charge is 2.25. The number of hydrogen-bond acceptors (Lipinski definition) is 5. The predicted molar refractivity (Wildman–Crippen MR) is 167 cm³/mol. The van der Waals surface area contributed by atoms with E-state index >= 15 is 0 Å². The smallest absolute Gasteiger partial charge is 0.323 e. The van der Waals surface area contributed by atoms with Gasteiger partial charge in [-0.2, -0.15) is 0 Å². The zero-order chi connectivity index (χ0) is 28.6. The van der Waals surface area contributed by atoms with Crippen molar-refractivity contribution in [3.8, 4) is 5.75 Å². The molecule has 0 aromatic heterocycles. The first-order valence-corrected chi connectivity index (χ1v) is 14.8. The number of methoxy groups -OCH3 is 1. The molecule has 8 heteroatoms. The summed E-state index contributed by atoms with van der Waals surface area (Å²) in [5.74, 6) is 0.780. The molecule has 41 heavy (non-hydrogen) atoms. The minimum Gasteiger partial charge on any atom is -0.495 e. The van der Waals surface area contributed by atoms with Gasteiger partial charge in [-0.15, -0.1) is 0 Å². The second kappa shape index (κ2) is 13.4. The summed E-state index contributed by atoms with van der Waals surface area (Å²) in [4.78, 5) is 31.1. The third kappa shape index (κ3) is 7.12. The molecule has 0 radical (unpaired) electrons. The number of hydrogen-bond donors (Lipinski definition) is 3. The lowest BCUT2D eigenvalue weighted by Crippen LogP contribution is -2.47. The van der Waals surface area contributed by atoms with E-state index in [1.807, 2.05) is 60.7 Å². The van der Waals surface area contributed by atoms with Crippen LogP contribution in [-0.2, 0) is 6.42 Å². The number of rotatable bonds is 8. The van der Waals surface area contributed by atoms with E-state index in [1.165, 1.54) is 6.42 Å². The molecule has 8 nitrogen and oxygen atoms in total. The molecule has 3 N–H and O–H groups in total. The van der Waals surface area contributed by atoms with Crippen molar-refractivity contribution in [2.24, 2.45) is 0 Å². The van der Waals surface area contributed by atoms with Gasteiger partial charge in [-0.25, -0.2) is 4.79 Å². The van der Waals surface area contributed by atoms with Gasteiger partial charge in [-0.05, 0) is 67.3 Å². The molecule has 1 aliphatic carbocycles. The average Bonchev–Trinajstić information content (AvgIpc) is 3.01. The Morgan fingerprint density at radius 3 is 2.20 bits per heavy atom. The summed E-state index contributed by atoms with van der Waals surface area (Å²) in [7, 11) is 1.70. The highest BCUT2D eigenvalue weighted by atomic mass is 16.5. The Hall–Kier alpha value is -4.20. The molecular weight excluding hydrogens is 514 g/mol. The van der Waals surface area contributed by atoms with Crippen LogP contribution in [0.1, 0.15) is 54.9 Å². The number of ether oxygens (including phenoxy) is 1. The van der Waals surface area contributed by atoms with Crippen LogP contribution in [0.15, 0.2) is 66.7 Å². The van der Waals surface area contributed by atoms with Gasteiger partial charge in [0.1, 0.15) is 5.75 Å². The molecule has 216 valence electrons. The van der Waals surface area contributed by atoms with Crippen molar-refractivity contribution >= 4 is 34.7 Å². The van der Waals surface area contributed by atoms with Crippen LogP contribution >= 0.6 is 0 Å². The third-order valence-electron chi connectivity index (χ3n) is 8.08. The number of urea groups is 1. The first kappa shape index (κ1) is 28.3. The summed E-state index contributed by atoms with van der Waals surface area (Å²) in [6, 6.07) is 21.4. The summed E-state index contributed by atoms with van der Waals surface area (Å²) in [6.45, 7) is 5.23. The van der Waals surface area contributed by atoms with Gasteiger partial charge in [-0.3, -0.25) is 4.79 Å². The van der Waals surface area contributed by atoms with Crippen LogP contribution in [0.5, 0.6) is 5.75 Å². The van der Waals surface area contributed by atoms with E-state index in [4.69, 9.17) is 4.74 Å². The molecule has 2 fully saturated rings. The lowest BCUT2D eigenvalue weighted by molar-refractivity contribution is 0.0928. The molecule has 1 saturated carbocycles. The average molecular weight is 556 g/mol. The van der Waals surface area contributed by atoms with E-state index in [0.717, 1.165) is 86.7 Å². The fraction of sp³-hybridized carbons (Fsp3) is 0.394. The number of benzene rings is 3. The second-order valence-corrected chi connectivity index (χ2v) is 10.8. The molecule has 0 bridgehead atoms. The molecule has 5 rings (SSSR count). The molecule has 3 amide bonds. The normalized spacial score (nSPS) is 15.8.